The van der Waals surface area contributed by atoms with E-state index in [4.69, 9.17) is 0 Å². The highest BCUT2D eigenvalue weighted by molar-refractivity contribution is 7.77. The summed E-state index contributed by atoms with van der Waals surface area (Å²) in [7, 11) is 2.09. The standard InChI is InChI=1S/C7H16N2O2S/c1-9-6-2-3-7(9)4-5-8-12(10)11/h7-8H,2-6H2,1H3,(H,10,11)/p-1. The van der Waals surface area contributed by atoms with Crippen molar-refractivity contribution in [3.63, 3.8) is 0 Å². The summed E-state index contributed by atoms with van der Waals surface area (Å²) in [5.74, 6) is 0. The Kier molecular flexibility index (Phi) is 4.14. The van der Waals surface area contributed by atoms with E-state index in [0.29, 0.717) is 12.6 Å². The van der Waals surface area contributed by atoms with Gasteiger partial charge in [-0.05, 0) is 32.9 Å². The minimum Gasteiger partial charge on any atom is -0.760 e. The molecule has 1 rings (SSSR count). The third-order valence-electron chi connectivity index (χ3n) is 2.37. The number of nitrogens with zero attached hydrogens (tertiary/aromatic N) is 1. The van der Waals surface area contributed by atoms with Crippen molar-refractivity contribution in [2.45, 2.75) is 25.3 Å². The van der Waals surface area contributed by atoms with E-state index in [2.05, 4.69) is 16.7 Å². The molecule has 1 heterocycles. The lowest BCUT2D eigenvalue weighted by molar-refractivity contribution is 0.297. The third kappa shape index (κ3) is 3.18. The molecule has 0 spiro atoms. The molecule has 0 aromatic carbocycles. The molecule has 0 amide bonds. The average Bonchev–Trinajstić information content (AvgIpc) is 2.36. The van der Waals surface area contributed by atoms with Gasteiger partial charge in [-0.3, -0.25) is 4.21 Å². The smallest absolute Gasteiger partial charge is 0.0181 e. The van der Waals surface area contributed by atoms with Gasteiger partial charge in [0.1, 0.15) is 0 Å². The summed E-state index contributed by atoms with van der Waals surface area (Å²) in [6, 6.07) is 0.570. The molecule has 0 bridgehead atoms. The van der Waals surface area contributed by atoms with E-state index >= 15 is 0 Å². The molecule has 72 valence electrons. The Labute approximate surface area is 75.7 Å². The highest BCUT2D eigenvalue weighted by Gasteiger charge is 2.19. The molecule has 12 heavy (non-hydrogen) atoms. The molecule has 1 N–H and O–H groups in total. The molecule has 0 radical (unpaired) electrons. The second-order valence-corrected chi connectivity index (χ2v) is 3.95. The van der Waals surface area contributed by atoms with Gasteiger partial charge in [0.05, 0.1) is 0 Å². The maximum absolute atomic E-state index is 10.1. The van der Waals surface area contributed by atoms with Crippen molar-refractivity contribution in [3.8, 4) is 0 Å². The third-order valence-corrected chi connectivity index (χ3v) is 2.81. The van der Waals surface area contributed by atoms with Crippen LogP contribution >= 0.6 is 0 Å². The van der Waals surface area contributed by atoms with Crippen molar-refractivity contribution < 1.29 is 8.76 Å². The summed E-state index contributed by atoms with van der Waals surface area (Å²) in [6.07, 6.45) is 3.36. The Bertz CT molecular complexity index is 165. The fourth-order valence-corrected chi connectivity index (χ4v) is 1.94. The zero-order valence-corrected chi connectivity index (χ0v) is 8.10. The van der Waals surface area contributed by atoms with Crippen LogP contribution in [0.15, 0.2) is 0 Å². The molecule has 2 atom stereocenters. The van der Waals surface area contributed by atoms with E-state index in [9.17, 15) is 8.76 Å². The van der Waals surface area contributed by atoms with Crippen LogP contribution in [-0.4, -0.2) is 39.8 Å². The maximum atomic E-state index is 10.1. The van der Waals surface area contributed by atoms with Gasteiger partial charge in [0.15, 0.2) is 0 Å². The first kappa shape index (κ1) is 10.1. The van der Waals surface area contributed by atoms with Gasteiger partial charge in [0, 0.05) is 23.9 Å². The molecule has 4 nitrogen and oxygen atoms in total. The van der Waals surface area contributed by atoms with E-state index < -0.39 is 11.3 Å². The first-order chi connectivity index (χ1) is 5.70. The molecule has 0 saturated carbocycles. The zero-order valence-electron chi connectivity index (χ0n) is 7.28. The van der Waals surface area contributed by atoms with Gasteiger partial charge < -0.3 is 9.45 Å². The quantitative estimate of drug-likeness (QED) is 0.629. The largest absolute Gasteiger partial charge is 0.760 e. The van der Waals surface area contributed by atoms with Crippen molar-refractivity contribution in [2.75, 3.05) is 20.1 Å². The summed E-state index contributed by atoms with van der Waals surface area (Å²) in [5, 5.41) is 0. The number of nitrogens with one attached hydrogen (secondary N) is 1. The maximum Gasteiger partial charge on any atom is 0.0181 e. The fraction of sp³-hybridized carbons (Fsp3) is 1.00. The van der Waals surface area contributed by atoms with Crippen LogP contribution in [-0.2, 0) is 11.3 Å². The van der Waals surface area contributed by atoms with Crippen LogP contribution in [0.1, 0.15) is 19.3 Å². The molecule has 0 aromatic rings. The molecule has 1 fully saturated rings. The highest BCUT2D eigenvalue weighted by Crippen LogP contribution is 2.16. The molecule has 0 aliphatic carbocycles. The van der Waals surface area contributed by atoms with Crippen LogP contribution in [0.2, 0.25) is 0 Å². The van der Waals surface area contributed by atoms with Crippen molar-refractivity contribution in [2.24, 2.45) is 0 Å². The fourth-order valence-electron chi connectivity index (χ4n) is 1.65. The summed E-state index contributed by atoms with van der Waals surface area (Å²) < 4.78 is 22.6. The Hall–Kier alpha value is 0.0300. The summed E-state index contributed by atoms with van der Waals surface area (Å²) in [4.78, 5) is 2.29. The predicted molar refractivity (Wildman–Crippen MR) is 47.2 cm³/mol. The van der Waals surface area contributed by atoms with Gasteiger partial charge in [0.25, 0.3) is 0 Å². The monoisotopic (exact) mass is 191 g/mol. The van der Waals surface area contributed by atoms with Crippen LogP contribution in [0.5, 0.6) is 0 Å². The zero-order chi connectivity index (χ0) is 8.97. The van der Waals surface area contributed by atoms with E-state index in [0.717, 1.165) is 13.0 Å². The highest BCUT2D eigenvalue weighted by atomic mass is 32.2. The van der Waals surface area contributed by atoms with Crippen LogP contribution < -0.4 is 4.72 Å². The number of hydrogen-bond donors (Lipinski definition) is 1. The molecule has 1 aliphatic heterocycles. The minimum atomic E-state index is -2.10. The molecule has 5 heteroatoms. The summed E-state index contributed by atoms with van der Waals surface area (Å²) in [6.45, 7) is 1.70. The van der Waals surface area contributed by atoms with Gasteiger partial charge in [-0.15, -0.1) is 0 Å². The predicted octanol–water partition coefficient (Wildman–Crippen LogP) is -0.146. The van der Waals surface area contributed by atoms with Gasteiger partial charge >= 0.3 is 0 Å². The minimum absolute atomic E-state index is 0.561. The van der Waals surface area contributed by atoms with E-state index in [1.165, 1.54) is 12.8 Å². The molecular formula is C7H15N2O2S-. The van der Waals surface area contributed by atoms with Crippen LogP contribution in [0.4, 0.5) is 0 Å². The van der Waals surface area contributed by atoms with Crippen molar-refractivity contribution in [1.82, 2.24) is 9.62 Å². The lowest BCUT2D eigenvalue weighted by Crippen LogP contribution is -2.29. The van der Waals surface area contributed by atoms with Gasteiger partial charge in [-0.1, -0.05) is 0 Å². The van der Waals surface area contributed by atoms with E-state index in [1.807, 2.05) is 0 Å². The Morgan fingerprint density at radius 1 is 1.75 bits per heavy atom. The SMILES string of the molecule is CN1CCCC1CCNS(=O)[O-]. The molecular weight excluding hydrogens is 176 g/mol. The normalized spacial score (nSPS) is 27.7. The van der Waals surface area contributed by atoms with Crippen molar-refractivity contribution in [1.29, 1.82) is 0 Å². The van der Waals surface area contributed by atoms with Crippen molar-refractivity contribution in [3.05, 3.63) is 0 Å². The second-order valence-electron chi connectivity index (χ2n) is 3.19. The van der Waals surface area contributed by atoms with Gasteiger partial charge in [-0.25, -0.2) is 4.72 Å². The first-order valence-electron chi connectivity index (χ1n) is 4.23. The van der Waals surface area contributed by atoms with Gasteiger partial charge in [0.2, 0.25) is 0 Å². The summed E-state index contributed by atoms with van der Waals surface area (Å²) in [5.41, 5.74) is 0. The molecule has 0 aromatic heterocycles. The van der Waals surface area contributed by atoms with Crippen molar-refractivity contribution >= 4 is 11.3 Å². The Morgan fingerprint density at radius 2 is 2.50 bits per heavy atom. The first-order valence-corrected chi connectivity index (χ1v) is 5.30. The van der Waals surface area contributed by atoms with Gasteiger partial charge in [-0.2, -0.15) is 0 Å². The van der Waals surface area contributed by atoms with E-state index in [1.54, 1.807) is 0 Å². The second kappa shape index (κ2) is 4.91. The summed E-state index contributed by atoms with van der Waals surface area (Å²) >= 11 is -2.10. The van der Waals surface area contributed by atoms with E-state index in [-0.39, 0.29) is 0 Å². The number of likely N-dealkylation sites (tertiary alicyclic amines) is 1. The topological polar surface area (TPSA) is 55.4 Å². The number of hydrogen-bond acceptors (Lipinski definition) is 3. The Morgan fingerprint density at radius 3 is 3.00 bits per heavy atom. The molecule has 1 aliphatic rings. The molecule has 2 unspecified atom stereocenters. The van der Waals surface area contributed by atoms with Crippen LogP contribution in [0, 0.1) is 0 Å². The average molecular weight is 191 g/mol. The lowest BCUT2D eigenvalue weighted by Gasteiger charge is -2.19. The molecule has 1 saturated heterocycles. The lowest BCUT2D eigenvalue weighted by atomic mass is 10.1. The Balaban J connectivity index is 2.10. The number of rotatable bonds is 4. The van der Waals surface area contributed by atoms with Crippen LogP contribution in [0.25, 0.3) is 0 Å². The van der Waals surface area contributed by atoms with Crippen LogP contribution in [0.3, 0.4) is 0 Å².